The Balaban J connectivity index is 2.82. The Morgan fingerprint density at radius 2 is 2.08 bits per heavy atom. The molecular formula is C9H5BrCl2S. The van der Waals surface area contributed by atoms with Gasteiger partial charge >= 0.3 is 0 Å². The maximum absolute atomic E-state index is 6.09. The van der Waals surface area contributed by atoms with Gasteiger partial charge in [-0.2, -0.15) is 0 Å². The first-order chi connectivity index (χ1) is 6.22. The molecule has 1 aromatic heterocycles. The summed E-state index contributed by atoms with van der Waals surface area (Å²) in [4.78, 5) is 0. The van der Waals surface area contributed by atoms with Gasteiger partial charge < -0.3 is 0 Å². The molecule has 13 heavy (non-hydrogen) atoms. The van der Waals surface area contributed by atoms with E-state index in [9.17, 15) is 0 Å². The molecule has 2 aromatic rings. The van der Waals surface area contributed by atoms with Crippen molar-refractivity contribution in [3.8, 4) is 0 Å². The Bertz CT molecular complexity index is 450. The SMILES string of the molecule is Clc1cc(Cl)c2c(CBr)csc2c1. The lowest BCUT2D eigenvalue weighted by Crippen LogP contribution is -1.74. The second-order valence-corrected chi connectivity index (χ2v) is 4.97. The highest BCUT2D eigenvalue weighted by Gasteiger charge is 2.07. The molecule has 1 heterocycles. The number of rotatable bonds is 1. The molecule has 68 valence electrons. The van der Waals surface area contributed by atoms with Crippen LogP contribution in [0.4, 0.5) is 0 Å². The Kier molecular flexibility index (Phi) is 2.84. The van der Waals surface area contributed by atoms with Crippen LogP contribution in [-0.4, -0.2) is 0 Å². The molecular weight excluding hydrogens is 291 g/mol. The fourth-order valence-corrected chi connectivity index (χ4v) is 3.66. The summed E-state index contributed by atoms with van der Waals surface area (Å²) in [7, 11) is 0. The molecule has 0 N–H and O–H groups in total. The van der Waals surface area contributed by atoms with E-state index in [1.165, 1.54) is 5.56 Å². The lowest BCUT2D eigenvalue weighted by Gasteiger charge is -1.97. The molecule has 0 saturated carbocycles. The number of alkyl halides is 1. The van der Waals surface area contributed by atoms with Gasteiger partial charge in [0.15, 0.2) is 0 Å². The van der Waals surface area contributed by atoms with Crippen LogP contribution in [0.1, 0.15) is 5.56 Å². The average molecular weight is 296 g/mol. The zero-order valence-corrected chi connectivity index (χ0v) is 10.4. The summed E-state index contributed by atoms with van der Waals surface area (Å²) in [5.74, 6) is 0. The van der Waals surface area contributed by atoms with Gasteiger partial charge in [0.05, 0.1) is 5.02 Å². The first kappa shape index (κ1) is 9.78. The first-order valence-electron chi connectivity index (χ1n) is 3.63. The molecule has 0 atom stereocenters. The predicted octanol–water partition coefficient (Wildman–Crippen LogP) is 5.10. The smallest absolute Gasteiger partial charge is 0.0510 e. The lowest BCUT2D eigenvalue weighted by atomic mass is 10.2. The normalized spacial score (nSPS) is 11.0. The maximum atomic E-state index is 6.09. The summed E-state index contributed by atoms with van der Waals surface area (Å²) in [6.07, 6.45) is 0. The molecule has 0 aliphatic heterocycles. The summed E-state index contributed by atoms with van der Waals surface area (Å²) in [6, 6.07) is 3.73. The molecule has 0 aliphatic rings. The summed E-state index contributed by atoms with van der Waals surface area (Å²) in [5, 5.41) is 5.47. The van der Waals surface area contributed by atoms with Crippen molar-refractivity contribution in [1.29, 1.82) is 0 Å². The molecule has 2 rings (SSSR count). The van der Waals surface area contributed by atoms with Gasteiger partial charge in [0.25, 0.3) is 0 Å². The van der Waals surface area contributed by atoms with Gasteiger partial charge in [0, 0.05) is 20.4 Å². The van der Waals surface area contributed by atoms with Crippen LogP contribution in [0.25, 0.3) is 10.1 Å². The molecule has 0 nitrogen and oxygen atoms in total. The van der Waals surface area contributed by atoms with Crippen molar-refractivity contribution in [2.45, 2.75) is 5.33 Å². The number of fused-ring (bicyclic) bond motifs is 1. The standard InChI is InChI=1S/C9H5BrCl2S/c10-3-5-4-13-8-2-6(11)1-7(12)9(5)8/h1-2,4H,3H2. The zero-order valence-electron chi connectivity index (χ0n) is 6.48. The number of thiophene rings is 1. The Hall–Kier alpha value is 0.240. The van der Waals surface area contributed by atoms with E-state index in [1.807, 2.05) is 6.07 Å². The monoisotopic (exact) mass is 294 g/mol. The van der Waals surface area contributed by atoms with E-state index in [4.69, 9.17) is 23.2 Å². The molecule has 0 fully saturated rings. The molecule has 0 bridgehead atoms. The van der Waals surface area contributed by atoms with Gasteiger partial charge in [-0.3, -0.25) is 0 Å². The van der Waals surface area contributed by atoms with E-state index in [-0.39, 0.29) is 0 Å². The van der Waals surface area contributed by atoms with Crippen LogP contribution in [0.5, 0.6) is 0 Å². The molecule has 0 spiro atoms. The lowest BCUT2D eigenvalue weighted by molar-refractivity contribution is 1.55. The summed E-state index contributed by atoms with van der Waals surface area (Å²) < 4.78 is 1.15. The molecule has 4 heteroatoms. The van der Waals surface area contributed by atoms with Gasteiger partial charge in [-0.25, -0.2) is 0 Å². The molecule has 1 aromatic carbocycles. The fraction of sp³-hybridized carbons (Fsp3) is 0.111. The van der Waals surface area contributed by atoms with Crippen molar-refractivity contribution in [3.63, 3.8) is 0 Å². The van der Waals surface area contributed by atoms with Crippen LogP contribution < -0.4 is 0 Å². The van der Waals surface area contributed by atoms with Gasteiger partial charge in [0.2, 0.25) is 0 Å². The van der Waals surface area contributed by atoms with Gasteiger partial charge in [-0.1, -0.05) is 39.1 Å². The minimum absolute atomic E-state index is 0.695. The molecule has 0 radical (unpaired) electrons. The third-order valence-corrected chi connectivity index (χ3v) is 3.91. The third-order valence-electron chi connectivity index (χ3n) is 1.81. The van der Waals surface area contributed by atoms with Crippen LogP contribution in [0.3, 0.4) is 0 Å². The second kappa shape index (κ2) is 3.77. The predicted molar refractivity (Wildman–Crippen MR) is 64.5 cm³/mol. The number of hydrogen-bond acceptors (Lipinski definition) is 1. The zero-order chi connectivity index (χ0) is 9.42. The summed E-state index contributed by atoms with van der Waals surface area (Å²) in [5.41, 5.74) is 1.22. The van der Waals surface area contributed by atoms with Gasteiger partial charge in [-0.05, 0) is 23.1 Å². The van der Waals surface area contributed by atoms with Crippen molar-refractivity contribution in [3.05, 3.63) is 33.1 Å². The van der Waals surface area contributed by atoms with Crippen LogP contribution in [0.15, 0.2) is 17.5 Å². The topological polar surface area (TPSA) is 0 Å². The minimum Gasteiger partial charge on any atom is -0.143 e. The average Bonchev–Trinajstić information content (AvgIpc) is 2.47. The summed E-state index contributed by atoms with van der Waals surface area (Å²) in [6.45, 7) is 0. The highest BCUT2D eigenvalue weighted by atomic mass is 79.9. The van der Waals surface area contributed by atoms with Gasteiger partial charge in [0.1, 0.15) is 0 Å². The second-order valence-electron chi connectivity index (χ2n) is 2.66. The third kappa shape index (κ3) is 1.73. The quantitative estimate of drug-likeness (QED) is 0.642. The van der Waals surface area contributed by atoms with Gasteiger partial charge in [-0.15, -0.1) is 11.3 Å². The summed E-state index contributed by atoms with van der Waals surface area (Å²) >= 11 is 17.1. The maximum Gasteiger partial charge on any atom is 0.0510 e. The van der Waals surface area contributed by atoms with E-state index >= 15 is 0 Å². The molecule has 0 unspecified atom stereocenters. The Morgan fingerprint density at radius 3 is 2.77 bits per heavy atom. The Morgan fingerprint density at radius 1 is 1.31 bits per heavy atom. The van der Waals surface area contributed by atoms with Crippen LogP contribution in [-0.2, 0) is 5.33 Å². The number of hydrogen-bond donors (Lipinski definition) is 0. The van der Waals surface area contributed by atoms with Crippen LogP contribution >= 0.6 is 50.5 Å². The molecule has 0 aliphatic carbocycles. The van der Waals surface area contributed by atoms with E-state index in [0.29, 0.717) is 5.02 Å². The number of benzene rings is 1. The van der Waals surface area contributed by atoms with Crippen molar-refractivity contribution in [2.24, 2.45) is 0 Å². The minimum atomic E-state index is 0.695. The largest absolute Gasteiger partial charge is 0.143 e. The molecule has 0 amide bonds. The fourth-order valence-electron chi connectivity index (χ4n) is 1.25. The van der Waals surface area contributed by atoms with E-state index in [1.54, 1.807) is 17.4 Å². The highest BCUT2D eigenvalue weighted by Crippen LogP contribution is 2.35. The van der Waals surface area contributed by atoms with E-state index in [0.717, 1.165) is 20.4 Å². The van der Waals surface area contributed by atoms with Crippen molar-refractivity contribution < 1.29 is 0 Å². The highest BCUT2D eigenvalue weighted by molar-refractivity contribution is 9.08. The van der Waals surface area contributed by atoms with Crippen molar-refractivity contribution in [1.82, 2.24) is 0 Å². The first-order valence-corrected chi connectivity index (χ1v) is 6.39. The van der Waals surface area contributed by atoms with E-state index in [2.05, 4.69) is 21.3 Å². The molecule has 0 saturated heterocycles. The van der Waals surface area contributed by atoms with Crippen LogP contribution in [0.2, 0.25) is 10.0 Å². The van der Waals surface area contributed by atoms with Crippen molar-refractivity contribution in [2.75, 3.05) is 0 Å². The van der Waals surface area contributed by atoms with Crippen LogP contribution in [0, 0.1) is 0 Å². The Labute approximate surface area is 98.6 Å². The number of halogens is 3. The van der Waals surface area contributed by atoms with Crippen molar-refractivity contribution >= 4 is 60.6 Å². The van der Waals surface area contributed by atoms with E-state index < -0.39 is 0 Å².